The highest BCUT2D eigenvalue weighted by molar-refractivity contribution is 9.10. The van der Waals surface area contributed by atoms with E-state index in [9.17, 15) is 13.6 Å². The third-order valence-corrected chi connectivity index (χ3v) is 5.49. The Hall–Kier alpha value is -1.75. The molecule has 164 valence electrons. The van der Waals surface area contributed by atoms with Crippen LogP contribution >= 0.6 is 55.1 Å². The van der Waals surface area contributed by atoms with Crippen molar-refractivity contribution in [1.82, 2.24) is 19.5 Å². The Labute approximate surface area is 202 Å². The Morgan fingerprint density at radius 2 is 1.65 bits per heavy atom. The van der Waals surface area contributed by atoms with Crippen molar-refractivity contribution >= 4 is 83.0 Å². The normalized spacial score (nSPS) is 11.5. The lowest BCUT2D eigenvalue weighted by Crippen LogP contribution is -2.27. The van der Waals surface area contributed by atoms with Crippen molar-refractivity contribution in [2.24, 2.45) is 0 Å². The van der Waals surface area contributed by atoms with Gasteiger partial charge in [-0.25, -0.2) is 28.1 Å². The van der Waals surface area contributed by atoms with Crippen molar-refractivity contribution < 1.29 is 18.3 Å². The number of nitrogens with zero attached hydrogens (tertiary/aromatic N) is 3. The monoisotopic (exact) mass is 596 g/mol. The molecule has 4 heterocycles. The number of aromatic nitrogens is 4. The van der Waals surface area contributed by atoms with Crippen LogP contribution in [0.25, 0.3) is 21.8 Å². The molecule has 1 N–H and O–H groups in total. The number of H-pyrrole nitrogens is 1. The zero-order valence-corrected chi connectivity index (χ0v) is 20.9. The third-order valence-electron chi connectivity index (χ3n) is 3.82. The van der Waals surface area contributed by atoms with Gasteiger partial charge in [0.2, 0.25) is 0 Å². The average molecular weight is 599 g/mol. The molecule has 0 fully saturated rings. The van der Waals surface area contributed by atoms with Crippen LogP contribution in [0.4, 0.5) is 13.6 Å². The van der Waals surface area contributed by atoms with E-state index in [1.54, 1.807) is 26.8 Å². The Morgan fingerprint density at radius 1 is 1.06 bits per heavy atom. The molecule has 0 aliphatic heterocycles. The van der Waals surface area contributed by atoms with Crippen LogP contribution in [0.5, 0.6) is 0 Å². The smallest absolute Gasteiger partial charge is 0.420 e. The van der Waals surface area contributed by atoms with Gasteiger partial charge < -0.3 is 9.72 Å². The lowest BCUT2D eigenvalue weighted by Gasteiger charge is -2.20. The van der Waals surface area contributed by atoms with E-state index in [0.717, 1.165) is 4.57 Å². The molecule has 12 heteroatoms. The lowest BCUT2D eigenvalue weighted by molar-refractivity contribution is 0.0540. The summed E-state index contributed by atoms with van der Waals surface area (Å²) >= 11 is 17.5. The molecule has 0 unspecified atom stereocenters. The molecule has 0 spiro atoms. The number of pyridine rings is 2. The fourth-order valence-electron chi connectivity index (χ4n) is 2.57. The molecule has 0 saturated heterocycles. The van der Waals surface area contributed by atoms with E-state index < -0.39 is 17.5 Å². The molecule has 4 aromatic rings. The van der Waals surface area contributed by atoms with Crippen LogP contribution in [-0.4, -0.2) is 31.2 Å². The highest BCUT2D eigenvalue weighted by Gasteiger charge is 2.25. The highest BCUT2D eigenvalue weighted by Crippen LogP contribution is 2.30. The van der Waals surface area contributed by atoms with E-state index in [0.29, 0.717) is 26.2 Å². The molecule has 0 aliphatic rings. The molecule has 0 atom stereocenters. The van der Waals surface area contributed by atoms with Gasteiger partial charge in [-0.05, 0) is 58.7 Å². The fourth-order valence-corrected chi connectivity index (χ4v) is 3.86. The van der Waals surface area contributed by atoms with Gasteiger partial charge >= 0.3 is 6.09 Å². The number of ether oxygens (including phenoxy) is 1. The first-order valence-electron chi connectivity index (χ1n) is 8.61. The van der Waals surface area contributed by atoms with Crippen molar-refractivity contribution in [1.29, 1.82) is 0 Å². The fraction of sp³-hybridized carbons (Fsp3) is 0.211. The van der Waals surface area contributed by atoms with Crippen LogP contribution in [0, 0.1) is 11.6 Å². The maximum Gasteiger partial charge on any atom is 0.420 e. The molecule has 31 heavy (non-hydrogen) atoms. The van der Waals surface area contributed by atoms with Crippen molar-refractivity contribution in [3.63, 3.8) is 0 Å². The topological polar surface area (TPSA) is 72.8 Å². The Balaban J connectivity index is 0.000000194. The summed E-state index contributed by atoms with van der Waals surface area (Å²) in [5.41, 5.74) is 0.262. The Bertz CT molecular complexity index is 1300. The van der Waals surface area contributed by atoms with E-state index in [-0.39, 0.29) is 21.0 Å². The Morgan fingerprint density at radius 3 is 2.26 bits per heavy atom. The van der Waals surface area contributed by atoms with Gasteiger partial charge in [0.1, 0.15) is 25.1 Å². The minimum Gasteiger partial charge on any atom is -0.443 e. The average Bonchev–Trinajstić information content (AvgIpc) is 3.07. The van der Waals surface area contributed by atoms with Gasteiger partial charge in [0.15, 0.2) is 11.6 Å². The summed E-state index contributed by atoms with van der Waals surface area (Å²) in [5.74, 6) is -0.917. The van der Waals surface area contributed by atoms with Gasteiger partial charge in [-0.2, -0.15) is 0 Å². The maximum atomic E-state index is 14.0. The first-order valence-corrected chi connectivity index (χ1v) is 11.0. The summed E-state index contributed by atoms with van der Waals surface area (Å²) in [6.45, 7) is 5.19. The molecule has 0 bridgehead atoms. The summed E-state index contributed by atoms with van der Waals surface area (Å²) in [7, 11) is 0. The van der Waals surface area contributed by atoms with Crippen molar-refractivity contribution in [2.45, 2.75) is 26.4 Å². The van der Waals surface area contributed by atoms with Crippen LogP contribution in [0.15, 0.2) is 33.7 Å². The molecule has 0 amide bonds. The van der Waals surface area contributed by atoms with Crippen LogP contribution in [0.2, 0.25) is 10.3 Å². The molecule has 4 aromatic heterocycles. The molecule has 0 radical (unpaired) electrons. The summed E-state index contributed by atoms with van der Waals surface area (Å²) in [5, 5.41) is 1.15. The van der Waals surface area contributed by atoms with Gasteiger partial charge in [0.05, 0.1) is 21.8 Å². The van der Waals surface area contributed by atoms with Gasteiger partial charge in [-0.3, -0.25) is 0 Å². The summed E-state index contributed by atoms with van der Waals surface area (Å²) in [6, 6.07) is 2.99. The molecular weight excluding hydrogens is 585 g/mol. The second kappa shape index (κ2) is 9.01. The maximum absolute atomic E-state index is 14.0. The quantitative estimate of drug-likeness (QED) is 0.213. The first-order chi connectivity index (χ1) is 14.4. The summed E-state index contributed by atoms with van der Waals surface area (Å²) < 4.78 is 33.7. The molecule has 0 aliphatic carbocycles. The van der Waals surface area contributed by atoms with Crippen LogP contribution in [0.1, 0.15) is 20.8 Å². The van der Waals surface area contributed by atoms with Gasteiger partial charge in [0, 0.05) is 18.5 Å². The van der Waals surface area contributed by atoms with E-state index in [2.05, 4.69) is 46.8 Å². The molecule has 0 aromatic carbocycles. The van der Waals surface area contributed by atoms with E-state index in [4.69, 9.17) is 27.9 Å². The minimum absolute atomic E-state index is 0.0131. The predicted octanol–water partition coefficient (Wildman–Crippen LogP) is 7.49. The number of nitrogens with one attached hydrogen (secondary N) is 1. The van der Waals surface area contributed by atoms with Crippen LogP contribution < -0.4 is 0 Å². The minimum atomic E-state index is -0.685. The van der Waals surface area contributed by atoms with Crippen molar-refractivity contribution in [3.05, 3.63) is 55.7 Å². The van der Waals surface area contributed by atoms with Gasteiger partial charge in [-0.1, -0.05) is 23.2 Å². The van der Waals surface area contributed by atoms with Gasteiger partial charge in [0.25, 0.3) is 0 Å². The predicted molar refractivity (Wildman–Crippen MR) is 123 cm³/mol. The van der Waals surface area contributed by atoms with E-state index in [1.165, 1.54) is 18.5 Å². The molecule has 6 nitrogen and oxygen atoms in total. The van der Waals surface area contributed by atoms with E-state index in [1.807, 2.05) is 0 Å². The second-order valence-electron chi connectivity index (χ2n) is 7.25. The zero-order chi connectivity index (χ0) is 23.1. The molecule has 4 rings (SSSR count). The largest absolute Gasteiger partial charge is 0.443 e. The number of aromatic amines is 1. The number of hydrogen-bond donors (Lipinski definition) is 1. The lowest BCUT2D eigenvalue weighted by atomic mass is 10.2. The first kappa shape index (κ1) is 23.9. The van der Waals surface area contributed by atoms with E-state index >= 15 is 0 Å². The number of rotatable bonds is 0. The van der Waals surface area contributed by atoms with Crippen LogP contribution in [0.3, 0.4) is 0 Å². The summed E-state index contributed by atoms with van der Waals surface area (Å²) in [6.07, 6.45) is 1.99. The van der Waals surface area contributed by atoms with Gasteiger partial charge in [-0.15, -0.1) is 0 Å². The second-order valence-corrected chi connectivity index (χ2v) is 9.57. The third kappa shape index (κ3) is 5.19. The molecular formula is C19H14Br2Cl2F2N4O2. The highest BCUT2D eigenvalue weighted by atomic mass is 79.9. The number of halogens is 6. The standard InChI is InChI=1S/C12H11BrClFN2O2.C7H3BrClFN2/c1-12(2,3)19-11(18)17-7-4-8(14)16-5-6(7)9(15)10(17)13;8-7-6(10)3-2-11-5(9)1-4(3)12-7/h4-5H,1-3H3;1-2,12H. The van der Waals surface area contributed by atoms with Crippen molar-refractivity contribution in [2.75, 3.05) is 0 Å². The SMILES string of the molecule is CC(C)(C)OC(=O)n1c(Br)c(F)c2cnc(Cl)cc21.Fc1c(Br)[nH]c2cc(Cl)ncc12. The number of fused-ring (bicyclic) bond motifs is 2. The number of carbonyl (C=O) groups excluding carboxylic acids is 1. The zero-order valence-electron chi connectivity index (χ0n) is 16.2. The van der Waals surface area contributed by atoms with Crippen LogP contribution in [-0.2, 0) is 4.74 Å². The Kier molecular flexibility index (Phi) is 6.95. The number of carbonyl (C=O) groups is 1. The number of hydrogen-bond acceptors (Lipinski definition) is 4. The van der Waals surface area contributed by atoms with Crippen molar-refractivity contribution in [3.8, 4) is 0 Å². The summed E-state index contributed by atoms with van der Waals surface area (Å²) in [4.78, 5) is 22.4. The molecule has 0 saturated carbocycles.